The van der Waals surface area contributed by atoms with E-state index in [-0.39, 0.29) is 0 Å². The number of thioether (sulfide) groups is 1. The van der Waals surface area contributed by atoms with Gasteiger partial charge in [-0.1, -0.05) is 23.7 Å². The highest BCUT2D eigenvalue weighted by molar-refractivity contribution is 7.98. The molecule has 0 aliphatic heterocycles. The monoisotopic (exact) mass is 393 g/mol. The van der Waals surface area contributed by atoms with Gasteiger partial charge in [0.25, 0.3) is 5.91 Å². The SMILES string of the molecule is COc1cc(Cl)c(C)cc1NC(=O)C(C)OC(=O)c1ccccc1SC. The highest BCUT2D eigenvalue weighted by atomic mass is 35.5. The molecule has 0 radical (unpaired) electrons. The van der Waals surface area contributed by atoms with Gasteiger partial charge in [-0.25, -0.2) is 4.79 Å². The maximum Gasteiger partial charge on any atom is 0.340 e. The van der Waals surface area contributed by atoms with Crippen LogP contribution in [0.5, 0.6) is 5.75 Å². The van der Waals surface area contributed by atoms with Crippen molar-refractivity contribution in [2.45, 2.75) is 24.8 Å². The highest BCUT2D eigenvalue weighted by Crippen LogP contribution is 2.31. The molecule has 0 spiro atoms. The van der Waals surface area contributed by atoms with Crippen LogP contribution in [0.25, 0.3) is 0 Å². The molecule has 2 aromatic carbocycles. The molecule has 0 aliphatic rings. The number of hydrogen-bond donors (Lipinski definition) is 1. The summed E-state index contributed by atoms with van der Waals surface area (Å²) in [6.07, 6.45) is 0.898. The smallest absolute Gasteiger partial charge is 0.340 e. The van der Waals surface area contributed by atoms with Crippen LogP contribution >= 0.6 is 23.4 Å². The van der Waals surface area contributed by atoms with E-state index in [1.54, 1.807) is 24.3 Å². The number of carbonyl (C=O) groups is 2. The van der Waals surface area contributed by atoms with Gasteiger partial charge in [-0.05, 0) is 43.9 Å². The summed E-state index contributed by atoms with van der Waals surface area (Å²) >= 11 is 7.50. The van der Waals surface area contributed by atoms with E-state index in [0.717, 1.165) is 10.5 Å². The molecule has 0 aromatic heterocycles. The average Bonchev–Trinajstić information content (AvgIpc) is 2.64. The number of hydrogen-bond acceptors (Lipinski definition) is 5. The van der Waals surface area contributed by atoms with Crippen LogP contribution in [0.1, 0.15) is 22.8 Å². The molecule has 0 heterocycles. The Morgan fingerprint density at radius 3 is 2.58 bits per heavy atom. The maximum absolute atomic E-state index is 12.4. The Balaban J connectivity index is 2.11. The molecule has 1 atom stereocenters. The lowest BCUT2D eigenvalue weighted by molar-refractivity contribution is -0.123. The van der Waals surface area contributed by atoms with Gasteiger partial charge in [-0.3, -0.25) is 4.79 Å². The molecule has 0 fully saturated rings. The Morgan fingerprint density at radius 1 is 1.23 bits per heavy atom. The second-order valence-electron chi connectivity index (χ2n) is 5.54. The van der Waals surface area contributed by atoms with Gasteiger partial charge >= 0.3 is 5.97 Å². The Kier molecular flexibility index (Phi) is 6.94. The molecule has 0 saturated heterocycles. The first-order valence-corrected chi connectivity index (χ1v) is 9.46. The third kappa shape index (κ3) is 4.71. The van der Waals surface area contributed by atoms with Crippen molar-refractivity contribution in [3.8, 4) is 5.75 Å². The number of methoxy groups -OCH3 is 1. The summed E-state index contributed by atoms with van der Waals surface area (Å²) < 4.78 is 10.5. The van der Waals surface area contributed by atoms with Crippen LogP contribution in [0.3, 0.4) is 0 Å². The molecule has 0 aliphatic carbocycles. The van der Waals surface area contributed by atoms with Crippen LogP contribution < -0.4 is 10.1 Å². The molecule has 7 heteroatoms. The number of amides is 1. The van der Waals surface area contributed by atoms with E-state index < -0.39 is 18.0 Å². The summed E-state index contributed by atoms with van der Waals surface area (Å²) in [5.41, 5.74) is 1.69. The van der Waals surface area contributed by atoms with Gasteiger partial charge in [0.2, 0.25) is 0 Å². The Labute approximate surface area is 162 Å². The topological polar surface area (TPSA) is 64.6 Å². The van der Waals surface area contributed by atoms with Crippen LogP contribution in [0.15, 0.2) is 41.3 Å². The number of rotatable bonds is 6. The first-order chi connectivity index (χ1) is 12.4. The van der Waals surface area contributed by atoms with Gasteiger partial charge in [-0.2, -0.15) is 0 Å². The van der Waals surface area contributed by atoms with E-state index in [1.807, 2.05) is 25.3 Å². The third-order valence-electron chi connectivity index (χ3n) is 3.72. The van der Waals surface area contributed by atoms with Gasteiger partial charge in [0.15, 0.2) is 6.10 Å². The summed E-state index contributed by atoms with van der Waals surface area (Å²) in [6.45, 7) is 3.34. The molecule has 1 N–H and O–H groups in total. The zero-order chi connectivity index (χ0) is 19.3. The van der Waals surface area contributed by atoms with E-state index >= 15 is 0 Å². The Bertz CT molecular complexity index is 825. The normalized spacial score (nSPS) is 11.6. The standard InChI is InChI=1S/C19H20ClNO4S/c1-11-9-15(16(24-3)10-14(11)20)21-18(22)12(2)25-19(23)13-7-5-6-8-17(13)26-4/h5-10,12H,1-4H3,(H,21,22). The van der Waals surface area contributed by atoms with Crippen molar-refractivity contribution in [3.63, 3.8) is 0 Å². The molecule has 1 unspecified atom stereocenters. The number of esters is 1. The van der Waals surface area contributed by atoms with Crippen molar-refractivity contribution in [3.05, 3.63) is 52.5 Å². The fourth-order valence-corrected chi connectivity index (χ4v) is 2.99. The summed E-state index contributed by atoms with van der Waals surface area (Å²) in [6, 6.07) is 10.4. The highest BCUT2D eigenvalue weighted by Gasteiger charge is 2.22. The van der Waals surface area contributed by atoms with Crippen LogP contribution in [0, 0.1) is 6.92 Å². The first-order valence-electron chi connectivity index (χ1n) is 7.86. The van der Waals surface area contributed by atoms with Crippen LogP contribution in [0.4, 0.5) is 5.69 Å². The molecular formula is C19H20ClNO4S. The minimum absolute atomic E-state index is 0.430. The molecule has 138 valence electrons. The third-order valence-corrected chi connectivity index (χ3v) is 4.92. The van der Waals surface area contributed by atoms with Gasteiger partial charge in [0, 0.05) is 16.0 Å². The van der Waals surface area contributed by atoms with Crippen LogP contribution in [0.2, 0.25) is 5.02 Å². The van der Waals surface area contributed by atoms with E-state index in [1.165, 1.54) is 25.8 Å². The zero-order valence-corrected chi connectivity index (χ0v) is 16.5. The largest absolute Gasteiger partial charge is 0.495 e. The molecule has 5 nitrogen and oxygen atoms in total. The molecule has 2 aromatic rings. The molecular weight excluding hydrogens is 374 g/mol. The zero-order valence-electron chi connectivity index (χ0n) is 15.0. The van der Waals surface area contributed by atoms with Crippen molar-refractivity contribution in [2.75, 3.05) is 18.7 Å². The van der Waals surface area contributed by atoms with Crippen molar-refractivity contribution < 1.29 is 19.1 Å². The lowest BCUT2D eigenvalue weighted by Crippen LogP contribution is -2.30. The summed E-state index contributed by atoms with van der Waals surface area (Å²) in [5, 5.41) is 3.24. The van der Waals surface area contributed by atoms with E-state index in [0.29, 0.717) is 22.0 Å². The fourth-order valence-electron chi connectivity index (χ4n) is 2.26. The second-order valence-corrected chi connectivity index (χ2v) is 6.79. The van der Waals surface area contributed by atoms with E-state index in [9.17, 15) is 9.59 Å². The van der Waals surface area contributed by atoms with Crippen molar-refractivity contribution in [1.29, 1.82) is 0 Å². The Hall–Kier alpha value is -2.18. The number of ether oxygens (including phenoxy) is 2. The van der Waals surface area contributed by atoms with Gasteiger partial charge in [0.05, 0.1) is 18.4 Å². The minimum Gasteiger partial charge on any atom is -0.495 e. The molecule has 0 saturated carbocycles. The lowest BCUT2D eigenvalue weighted by Gasteiger charge is -2.16. The minimum atomic E-state index is -0.974. The number of benzene rings is 2. The number of carbonyl (C=O) groups excluding carboxylic acids is 2. The number of nitrogens with one attached hydrogen (secondary N) is 1. The molecule has 26 heavy (non-hydrogen) atoms. The summed E-state index contributed by atoms with van der Waals surface area (Å²) in [7, 11) is 1.49. The van der Waals surface area contributed by atoms with E-state index in [2.05, 4.69) is 5.32 Å². The van der Waals surface area contributed by atoms with Crippen molar-refractivity contribution in [2.24, 2.45) is 0 Å². The van der Waals surface area contributed by atoms with E-state index in [4.69, 9.17) is 21.1 Å². The fraction of sp³-hybridized carbons (Fsp3) is 0.263. The summed E-state index contributed by atoms with van der Waals surface area (Å²) in [5.74, 6) is -0.572. The number of anilines is 1. The first kappa shape index (κ1) is 20.1. The van der Waals surface area contributed by atoms with Gasteiger partial charge in [0.1, 0.15) is 5.75 Å². The lowest BCUT2D eigenvalue weighted by atomic mass is 10.2. The van der Waals surface area contributed by atoms with Crippen molar-refractivity contribution in [1.82, 2.24) is 0 Å². The number of halogens is 1. The summed E-state index contributed by atoms with van der Waals surface area (Å²) in [4.78, 5) is 25.6. The second kappa shape index (κ2) is 8.96. The average molecular weight is 394 g/mol. The quantitative estimate of drug-likeness (QED) is 0.575. The van der Waals surface area contributed by atoms with Gasteiger partial charge < -0.3 is 14.8 Å². The predicted octanol–water partition coefficient (Wildman–Crippen LogP) is 4.56. The Morgan fingerprint density at radius 2 is 1.92 bits per heavy atom. The molecule has 0 bridgehead atoms. The molecule has 2 rings (SSSR count). The van der Waals surface area contributed by atoms with Crippen LogP contribution in [-0.2, 0) is 9.53 Å². The molecule has 1 amide bonds. The van der Waals surface area contributed by atoms with Crippen LogP contribution in [-0.4, -0.2) is 31.3 Å². The maximum atomic E-state index is 12.4. The van der Waals surface area contributed by atoms with Crippen molar-refractivity contribution >= 4 is 40.9 Å². The predicted molar refractivity (Wildman–Crippen MR) is 104 cm³/mol. The van der Waals surface area contributed by atoms with Gasteiger partial charge in [-0.15, -0.1) is 11.8 Å². The number of aryl methyl sites for hydroxylation is 1.